The van der Waals surface area contributed by atoms with Crippen molar-refractivity contribution < 1.29 is 116 Å². The molecule has 496 valence electrons. The van der Waals surface area contributed by atoms with Crippen molar-refractivity contribution >= 4 is 143 Å². The maximum Gasteiger partial charge on any atom is 0.492 e. The van der Waals surface area contributed by atoms with Crippen LogP contribution in [-0.4, -0.2) is 136 Å². The van der Waals surface area contributed by atoms with E-state index in [0.717, 1.165) is 67.6 Å². The molecular formula is C56H52B4N8O24S4. The number of hydrogen-bond donors (Lipinski definition) is 12. The molecule has 4 aliphatic heterocycles. The monoisotopic (exact) mass is 1390 g/mol. The summed E-state index contributed by atoms with van der Waals surface area (Å²) in [7, 11) is -4.87. The highest BCUT2D eigenvalue weighted by atomic mass is 32.1. The minimum atomic E-state index is -1.22. The molecule has 1 unspecified atom stereocenters. The van der Waals surface area contributed by atoms with Gasteiger partial charge >= 0.3 is 52.4 Å². The summed E-state index contributed by atoms with van der Waals surface area (Å²) in [4.78, 5) is 105. The Kier molecular flexibility index (Phi) is 22.0. The summed E-state index contributed by atoms with van der Waals surface area (Å²) in [5.74, 6) is -4.82. The fourth-order valence-electron chi connectivity index (χ4n) is 10.5. The van der Waals surface area contributed by atoms with Crippen molar-refractivity contribution in [3.8, 4) is 43.8 Å². The molecule has 0 spiro atoms. The molecule has 0 fully saturated rings. The molecule has 16 N–H and O–H groups in total. The van der Waals surface area contributed by atoms with Gasteiger partial charge in [-0.2, -0.15) is 0 Å². The molecule has 8 heterocycles. The number of hydrogen-bond acceptors (Lipinski definition) is 28. The number of rotatable bonds is 20. The lowest BCUT2D eigenvalue weighted by atomic mass is 9.77. The summed E-state index contributed by atoms with van der Waals surface area (Å²) in [5.41, 5.74) is 28.0. The Morgan fingerprint density at radius 2 is 0.562 bits per heavy atom. The second kappa shape index (κ2) is 29.9. The Hall–Kier alpha value is -9.70. The van der Waals surface area contributed by atoms with E-state index in [1.165, 1.54) is 24.8 Å². The van der Waals surface area contributed by atoms with Crippen molar-refractivity contribution in [3.63, 3.8) is 0 Å². The lowest BCUT2D eigenvalue weighted by molar-refractivity contribution is -0.140. The Morgan fingerprint density at radius 1 is 0.375 bits per heavy atom. The average Bonchev–Trinajstić information content (AvgIpc) is 1.66. The van der Waals surface area contributed by atoms with E-state index in [1.807, 2.05) is 0 Å². The molecule has 4 aromatic heterocycles. The highest BCUT2D eigenvalue weighted by Gasteiger charge is 2.42. The molecule has 96 heavy (non-hydrogen) atoms. The van der Waals surface area contributed by atoms with Crippen LogP contribution in [0, 0.1) is 27.7 Å². The third kappa shape index (κ3) is 16.9. The number of carboxylic acid groups (broad SMARTS) is 4. The van der Waals surface area contributed by atoms with E-state index < -0.39 is 100 Å². The predicted molar refractivity (Wildman–Crippen MR) is 342 cm³/mol. The van der Waals surface area contributed by atoms with E-state index in [2.05, 4.69) is 19.9 Å². The molecule has 0 bridgehead atoms. The number of aryl methyl sites for hydroxylation is 4. The number of carbonyl (C=O) groups excluding carboxylic acids is 4. The number of aliphatic carboxylic acids is 4. The molecule has 0 saturated heterocycles. The number of nitrogens with zero attached hydrogens (tertiary/aromatic N) is 4. The van der Waals surface area contributed by atoms with Gasteiger partial charge in [0.25, 0.3) is 44.4 Å². The number of carboxylic acids is 4. The van der Waals surface area contributed by atoms with Gasteiger partial charge < -0.3 is 101 Å². The molecule has 12 rings (SSSR count). The third-order valence-corrected chi connectivity index (χ3v) is 17.8. The highest BCUT2D eigenvalue weighted by molar-refractivity contribution is 7.16. The first-order chi connectivity index (χ1) is 45.4. The van der Waals surface area contributed by atoms with Crippen LogP contribution in [0.1, 0.15) is 133 Å². The number of aromatic nitrogens is 4. The van der Waals surface area contributed by atoms with Crippen molar-refractivity contribution in [2.24, 2.45) is 22.9 Å². The van der Waals surface area contributed by atoms with Gasteiger partial charge in [0.1, 0.15) is 42.5 Å². The zero-order valence-electron chi connectivity index (χ0n) is 50.2. The third-order valence-electron chi connectivity index (χ3n) is 14.3. The maximum absolute atomic E-state index is 11.1. The van der Waals surface area contributed by atoms with Crippen LogP contribution < -0.4 is 63.7 Å². The Morgan fingerprint density at radius 3 is 0.719 bits per heavy atom. The number of nitrogens with two attached hydrogens (primary N) is 4. The van der Waals surface area contributed by atoms with Crippen LogP contribution in [0.5, 0.6) is 43.8 Å². The summed E-state index contributed by atoms with van der Waals surface area (Å²) in [5, 5.41) is 76.8. The molecule has 0 aliphatic carbocycles. The number of carbonyl (C=O) groups is 8. The van der Waals surface area contributed by atoms with E-state index in [-0.39, 0.29) is 66.0 Å². The summed E-state index contributed by atoms with van der Waals surface area (Å²) in [6.45, 7) is 7.11. The fourth-order valence-corrected chi connectivity index (χ4v) is 13.0. The molecule has 4 atom stereocenters. The van der Waals surface area contributed by atoms with Crippen molar-refractivity contribution in [2.45, 2.75) is 77.8 Å². The van der Waals surface area contributed by atoms with Gasteiger partial charge in [-0.15, -0.1) is 0 Å². The summed E-state index contributed by atoms with van der Waals surface area (Å²) in [6, 6.07) is 13.1. The normalized spacial score (nSPS) is 16.1. The van der Waals surface area contributed by atoms with Crippen LogP contribution in [-0.2, 0) is 37.8 Å². The molecule has 0 saturated carbocycles. The minimum Gasteiger partial charge on any atom is -0.481 e. The Labute approximate surface area is 558 Å². The number of thiazole rings is 4. The van der Waals surface area contributed by atoms with Gasteiger partial charge in [-0.05, 0) is 143 Å². The largest absolute Gasteiger partial charge is 0.492 e. The Balaban J connectivity index is 0.000000150. The molecular weight excluding hydrogens is 1340 g/mol. The summed E-state index contributed by atoms with van der Waals surface area (Å²) in [6.07, 6.45) is 1.52. The van der Waals surface area contributed by atoms with E-state index in [0.29, 0.717) is 67.1 Å². The Bertz CT molecular complexity index is 3840. The van der Waals surface area contributed by atoms with Crippen LogP contribution in [0.15, 0.2) is 73.3 Å². The van der Waals surface area contributed by atoms with Crippen LogP contribution in [0.2, 0.25) is 0 Å². The predicted octanol–water partition coefficient (Wildman–Crippen LogP) is 2.30. The number of amides is 4. The standard InChI is InChI=1S/4C14H13BN2O6S/c4*1-6-2-7(22-14-17-5-10(24-14)13(16)20)3-8-12(6)9(4-11(18)19)23-15(8)21/h4*2-3,5,9,21H,4H2,1H3,(H2,16,20)(H,18,19)/t3*9-;/m110./s1. The van der Waals surface area contributed by atoms with Crippen molar-refractivity contribution in [3.05, 3.63) is 137 Å². The number of benzene rings is 4. The van der Waals surface area contributed by atoms with Crippen LogP contribution in [0.25, 0.3) is 0 Å². The first kappa shape index (κ1) is 70.6. The zero-order valence-corrected chi connectivity index (χ0v) is 53.5. The first-order valence-electron chi connectivity index (χ1n) is 27.9. The summed E-state index contributed by atoms with van der Waals surface area (Å²) >= 11 is 4.02. The van der Waals surface area contributed by atoms with Crippen LogP contribution >= 0.6 is 45.3 Å². The van der Waals surface area contributed by atoms with E-state index >= 15 is 0 Å². The van der Waals surface area contributed by atoms with Gasteiger partial charge in [-0.1, -0.05) is 45.3 Å². The minimum absolute atomic E-state index is 0.235. The SMILES string of the molecule is Cc1cc(Oc2ncc(C(N)=O)s2)cc2c1C(CC(=O)O)OB2O.Cc1cc(Oc2ncc(C(N)=O)s2)cc2c1[C@@H](CC(=O)O)OB2O.Cc1cc(Oc2ncc(C(N)=O)s2)cc2c1[C@@H](CC(=O)O)OB2O.Cc1cc(Oc2ncc(C(N)=O)s2)cc2c1[C@H](CC(=O)O)OB2O. The van der Waals surface area contributed by atoms with Crippen LogP contribution in [0.3, 0.4) is 0 Å². The number of primary amides is 4. The molecule has 32 nitrogen and oxygen atoms in total. The number of ether oxygens (including phenoxy) is 4. The molecule has 4 aliphatic rings. The van der Waals surface area contributed by atoms with Gasteiger partial charge in [0.05, 0.1) is 74.9 Å². The summed E-state index contributed by atoms with van der Waals surface area (Å²) < 4.78 is 43.6. The highest BCUT2D eigenvalue weighted by Crippen LogP contribution is 2.39. The van der Waals surface area contributed by atoms with E-state index in [1.54, 1.807) is 76.2 Å². The molecule has 0 radical (unpaired) electrons. The van der Waals surface area contributed by atoms with Crippen molar-refractivity contribution in [1.82, 2.24) is 19.9 Å². The van der Waals surface area contributed by atoms with Gasteiger partial charge in [0.2, 0.25) is 0 Å². The molecule has 4 amide bonds. The van der Waals surface area contributed by atoms with Gasteiger partial charge in [-0.3, -0.25) is 38.4 Å². The molecule has 4 aromatic carbocycles. The van der Waals surface area contributed by atoms with Crippen LogP contribution in [0.4, 0.5) is 0 Å². The first-order valence-corrected chi connectivity index (χ1v) is 31.2. The van der Waals surface area contributed by atoms with Crippen molar-refractivity contribution in [1.29, 1.82) is 0 Å². The maximum atomic E-state index is 11.1. The van der Waals surface area contributed by atoms with E-state index in [4.69, 9.17) is 80.9 Å². The second-order valence-corrected chi connectivity index (χ2v) is 25.1. The van der Waals surface area contributed by atoms with Gasteiger partial charge in [0, 0.05) is 0 Å². The quantitative estimate of drug-likeness (QED) is 0.0487. The average molecular weight is 1390 g/mol. The molecule has 40 heteroatoms. The fraction of sp³-hybridized carbons (Fsp3) is 0.214. The van der Waals surface area contributed by atoms with Gasteiger partial charge in [0.15, 0.2) is 0 Å². The lowest BCUT2D eigenvalue weighted by Gasteiger charge is -2.13. The van der Waals surface area contributed by atoms with E-state index in [9.17, 15) is 58.5 Å². The zero-order chi connectivity index (χ0) is 69.7. The van der Waals surface area contributed by atoms with Gasteiger partial charge in [-0.25, -0.2) is 19.9 Å². The van der Waals surface area contributed by atoms with Crippen molar-refractivity contribution in [2.75, 3.05) is 0 Å². The lowest BCUT2D eigenvalue weighted by Crippen LogP contribution is -2.28. The number of fused-ring (bicyclic) bond motifs is 4. The topological polar surface area (TPSA) is 528 Å². The second-order valence-electron chi connectivity index (χ2n) is 21.1. The smallest absolute Gasteiger partial charge is 0.481 e. The molecule has 8 aromatic rings.